The van der Waals surface area contributed by atoms with Crippen molar-refractivity contribution in [3.8, 4) is 0 Å². The second-order valence-electron chi connectivity index (χ2n) is 4.27. The van der Waals surface area contributed by atoms with Crippen LogP contribution < -0.4 is 0 Å². The third-order valence-corrected chi connectivity index (χ3v) is 3.62. The number of aryl methyl sites for hydroxylation is 1. The molecule has 0 saturated carbocycles. The molecule has 0 aromatic heterocycles. The molecule has 114 valence electrons. The van der Waals surface area contributed by atoms with E-state index in [1.54, 1.807) is 32.0 Å². The van der Waals surface area contributed by atoms with Crippen molar-refractivity contribution in [1.29, 1.82) is 0 Å². The number of ketones is 1. The van der Waals surface area contributed by atoms with Crippen LogP contribution in [0, 0.1) is 12.8 Å². The average molecular weight is 357 g/mol. The lowest BCUT2D eigenvalue weighted by atomic mass is 9.97. The summed E-state index contributed by atoms with van der Waals surface area (Å²) in [6, 6.07) is 4.86. The summed E-state index contributed by atoms with van der Waals surface area (Å²) >= 11 is 3.31. The van der Waals surface area contributed by atoms with E-state index in [1.807, 2.05) is 6.92 Å². The zero-order valence-electron chi connectivity index (χ0n) is 12.1. The van der Waals surface area contributed by atoms with Gasteiger partial charge in [0.05, 0.1) is 13.2 Å². The van der Waals surface area contributed by atoms with Crippen molar-refractivity contribution in [2.24, 2.45) is 5.92 Å². The molecule has 0 heterocycles. The molecule has 0 fully saturated rings. The van der Waals surface area contributed by atoms with Crippen LogP contribution in [-0.4, -0.2) is 30.9 Å². The Kier molecular flexibility index (Phi) is 6.55. The summed E-state index contributed by atoms with van der Waals surface area (Å²) in [5.41, 5.74) is 1.19. The number of hydrogen-bond acceptors (Lipinski definition) is 5. The van der Waals surface area contributed by atoms with Crippen molar-refractivity contribution in [2.75, 3.05) is 13.2 Å². The molecule has 0 radical (unpaired) electrons. The van der Waals surface area contributed by atoms with E-state index in [0.29, 0.717) is 0 Å². The molecule has 0 saturated heterocycles. The maximum atomic E-state index is 12.4. The predicted octanol–water partition coefficient (Wildman–Crippen LogP) is 2.68. The van der Waals surface area contributed by atoms with Gasteiger partial charge in [-0.05, 0) is 32.4 Å². The van der Waals surface area contributed by atoms with Gasteiger partial charge in [0.15, 0.2) is 5.78 Å². The molecule has 0 N–H and O–H groups in total. The van der Waals surface area contributed by atoms with Crippen molar-refractivity contribution in [2.45, 2.75) is 20.8 Å². The lowest BCUT2D eigenvalue weighted by molar-refractivity contribution is -0.158. The first-order valence-corrected chi connectivity index (χ1v) is 7.35. The number of carbonyl (C=O) groups excluding carboxylic acids is 3. The summed E-state index contributed by atoms with van der Waals surface area (Å²) in [6.45, 7) is 5.24. The Morgan fingerprint density at radius 3 is 2.05 bits per heavy atom. The Labute approximate surface area is 131 Å². The van der Waals surface area contributed by atoms with Gasteiger partial charge < -0.3 is 9.47 Å². The first-order valence-electron chi connectivity index (χ1n) is 6.56. The smallest absolute Gasteiger partial charge is 0.328 e. The molecule has 1 aromatic rings. The molecular formula is C15H17BrO5. The molecule has 0 bridgehead atoms. The zero-order chi connectivity index (χ0) is 16.0. The number of benzene rings is 1. The number of halogens is 1. The quantitative estimate of drug-likeness (QED) is 0.445. The van der Waals surface area contributed by atoms with Crippen LogP contribution in [0.25, 0.3) is 0 Å². The highest BCUT2D eigenvalue weighted by Crippen LogP contribution is 2.21. The van der Waals surface area contributed by atoms with Crippen molar-refractivity contribution < 1.29 is 23.9 Å². The molecule has 5 nitrogen and oxygen atoms in total. The third kappa shape index (κ3) is 4.39. The molecule has 0 aliphatic heterocycles. The van der Waals surface area contributed by atoms with Crippen LogP contribution in [-0.2, 0) is 19.1 Å². The molecule has 6 heteroatoms. The van der Waals surface area contributed by atoms with E-state index in [1.165, 1.54) is 0 Å². The van der Waals surface area contributed by atoms with E-state index in [0.717, 1.165) is 10.0 Å². The number of Topliss-reactive ketones (excluding diaryl/α,β-unsaturated/α-hetero) is 1. The first-order chi connectivity index (χ1) is 9.92. The minimum Gasteiger partial charge on any atom is -0.465 e. The van der Waals surface area contributed by atoms with Crippen LogP contribution >= 0.6 is 15.9 Å². The van der Waals surface area contributed by atoms with E-state index < -0.39 is 23.6 Å². The molecule has 21 heavy (non-hydrogen) atoms. The number of hydrogen-bond donors (Lipinski definition) is 0. The second kappa shape index (κ2) is 7.93. The topological polar surface area (TPSA) is 69.7 Å². The highest BCUT2D eigenvalue weighted by atomic mass is 79.9. The van der Waals surface area contributed by atoms with Gasteiger partial charge in [-0.15, -0.1) is 0 Å². The maximum absolute atomic E-state index is 12.4. The van der Waals surface area contributed by atoms with Gasteiger partial charge in [-0.3, -0.25) is 14.4 Å². The largest absolute Gasteiger partial charge is 0.465 e. The second-order valence-corrected chi connectivity index (χ2v) is 5.12. The highest BCUT2D eigenvalue weighted by Gasteiger charge is 2.37. The Bertz CT molecular complexity index is 535. The molecular weight excluding hydrogens is 340 g/mol. The van der Waals surface area contributed by atoms with E-state index in [9.17, 15) is 14.4 Å². The SMILES string of the molecule is CCOC(=O)C(C(=O)OCC)C(=O)c1ccc(C)c(Br)c1. The number of ether oxygens (including phenoxy) is 2. The van der Waals surface area contributed by atoms with Gasteiger partial charge in [-0.1, -0.05) is 28.1 Å². The van der Waals surface area contributed by atoms with Gasteiger partial charge in [-0.25, -0.2) is 0 Å². The van der Waals surface area contributed by atoms with Gasteiger partial charge in [0.1, 0.15) is 0 Å². The third-order valence-electron chi connectivity index (χ3n) is 2.76. The standard InChI is InChI=1S/C15H17BrO5/c1-4-20-14(18)12(15(19)21-5-2)13(17)10-7-6-9(3)11(16)8-10/h6-8,12H,4-5H2,1-3H3. The summed E-state index contributed by atoms with van der Waals surface area (Å²) in [7, 11) is 0. The predicted molar refractivity (Wildman–Crippen MR) is 80.0 cm³/mol. The first kappa shape index (κ1) is 17.4. The fourth-order valence-corrected chi connectivity index (χ4v) is 2.05. The molecule has 0 unspecified atom stereocenters. The Hall–Kier alpha value is -1.69. The van der Waals surface area contributed by atoms with E-state index >= 15 is 0 Å². The van der Waals surface area contributed by atoms with Gasteiger partial charge in [0, 0.05) is 10.0 Å². The summed E-state index contributed by atoms with van der Waals surface area (Å²) in [6.07, 6.45) is 0. The number of esters is 2. The summed E-state index contributed by atoms with van der Waals surface area (Å²) in [4.78, 5) is 36.2. The highest BCUT2D eigenvalue weighted by molar-refractivity contribution is 9.10. The molecule has 1 aromatic carbocycles. The van der Waals surface area contributed by atoms with E-state index in [-0.39, 0.29) is 18.8 Å². The Balaban J connectivity index is 3.11. The van der Waals surface area contributed by atoms with Gasteiger partial charge in [-0.2, -0.15) is 0 Å². The molecule has 0 aliphatic carbocycles. The van der Waals surface area contributed by atoms with Crippen molar-refractivity contribution in [3.05, 3.63) is 33.8 Å². The zero-order valence-corrected chi connectivity index (χ0v) is 13.7. The molecule has 0 amide bonds. The summed E-state index contributed by atoms with van der Waals surface area (Å²) in [5, 5.41) is 0. The fraction of sp³-hybridized carbons (Fsp3) is 0.400. The lowest BCUT2D eigenvalue weighted by Gasteiger charge is -2.14. The van der Waals surface area contributed by atoms with Crippen LogP contribution in [0.2, 0.25) is 0 Å². The van der Waals surface area contributed by atoms with Crippen LogP contribution in [0.3, 0.4) is 0 Å². The van der Waals surface area contributed by atoms with Crippen molar-refractivity contribution in [3.63, 3.8) is 0 Å². The average Bonchev–Trinajstić information content (AvgIpc) is 2.42. The van der Waals surface area contributed by atoms with E-state index in [2.05, 4.69) is 15.9 Å². The molecule has 1 rings (SSSR count). The lowest BCUT2D eigenvalue weighted by Crippen LogP contribution is -2.35. The molecule has 0 atom stereocenters. The van der Waals surface area contributed by atoms with E-state index in [4.69, 9.17) is 9.47 Å². The monoisotopic (exact) mass is 356 g/mol. The molecule has 0 spiro atoms. The Morgan fingerprint density at radius 2 is 1.62 bits per heavy atom. The summed E-state index contributed by atoms with van der Waals surface area (Å²) < 4.78 is 10.3. The number of carbonyl (C=O) groups is 3. The van der Waals surface area contributed by atoms with Crippen LogP contribution in [0.1, 0.15) is 29.8 Å². The van der Waals surface area contributed by atoms with Crippen molar-refractivity contribution >= 4 is 33.7 Å². The fourth-order valence-electron chi connectivity index (χ4n) is 1.67. The van der Waals surface area contributed by atoms with Crippen molar-refractivity contribution in [1.82, 2.24) is 0 Å². The Morgan fingerprint density at radius 1 is 1.10 bits per heavy atom. The maximum Gasteiger partial charge on any atom is 0.328 e. The minimum atomic E-state index is -1.58. The van der Waals surface area contributed by atoms with Crippen LogP contribution in [0.5, 0.6) is 0 Å². The van der Waals surface area contributed by atoms with Gasteiger partial charge in [0.25, 0.3) is 0 Å². The van der Waals surface area contributed by atoms with Gasteiger partial charge >= 0.3 is 11.9 Å². The minimum absolute atomic E-state index is 0.0829. The van der Waals surface area contributed by atoms with Crippen LogP contribution in [0.4, 0.5) is 0 Å². The summed E-state index contributed by atoms with van der Waals surface area (Å²) in [5.74, 6) is -4.00. The molecule has 0 aliphatic rings. The van der Waals surface area contributed by atoms with Crippen LogP contribution in [0.15, 0.2) is 22.7 Å². The number of rotatable bonds is 6. The normalized spacial score (nSPS) is 10.3. The van der Waals surface area contributed by atoms with Gasteiger partial charge in [0.2, 0.25) is 5.92 Å².